The van der Waals surface area contributed by atoms with Crippen LogP contribution in [0.25, 0.3) is 0 Å². The standard InChI is InChI=1S/C18H18N2O2/c1-22-14-9-7-13(8-10-14)18-16-6-3-2-5-15(16)17(21)20(18)12-4-11-19-18/h2-3,5-10,19H,4,11-12H2,1H3/t18-/m1/s1. The summed E-state index contributed by atoms with van der Waals surface area (Å²) in [5, 5.41) is 3.60. The van der Waals surface area contributed by atoms with Crippen molar-refractivity contribution < 1.29 is 9.53 Å². The van der Waals surface area contributed by atoms with Crippen molar-refractivity contribution in [2.24, 2.45) is 0 Å². The van der Waals surface area contributed by atoms with Crippen LogP contribution in [0.4, 0.5) is 0 Å². The summed E-state index contributed by atoms with van der Waals surface area (Å²) >= 11 is 0. The van der Waals surface area contributed by atoms with Crippen LogP contribution in [0, 0.1) is 0 Å². The van der Waals surface area contributed by atoms with Crippen LogP contribution in [0.15, 0.2) is 48.5 Å². The fourth-order valence-electron chi connectivity index (χ4n) is 3.64. The van der Waals surface area contributed by atoms with Crippen LogP contribution in [0.1, 0.15) is 27.9 Å². The summed E-state index contributed by atoms with van der Waals surface area (Å²) in [7, 11) is 1.66. The van der Waals surface area contributed by atoms with Crippen molar-refractivity contribution >= 4 is 5.91 Å². The quantitative estimate of drug-likeness (QED) is 0.924. The number of hydrogen-bond acceptors (Lipinski definition) is 3. The third-order valence-electron chi connectivity index (χ3n) is 4.64. The Morgan fingerprint density at radius 1 is 1.14 bits per heavy atom. The smallest absolute Gasteiger partial charge is 0.256 e. The first kappa shape index (κ1) is 13.3. The number of carbonyl (C=O) groups excluding carboxylic acids is 1. The van der Waals surface area contributed by atoms with Gasteiger partial charge >= 0.3 is 0 Å². The van der Waals surface area contributed by atoms with Crippen LogP contribution < -0.4 is 10.1 Å². The van der Waals surface area contributed by atoms with E-state index in [2.05, 4.69) is 11.4 Å². The number of methoxy groups -OCH3 is 1. The van der Waals surface area contributed by atoms with Crippen LogP contribution in [0.2, 0.25) is 0 Å². The van der Waals surface area contributed by atoms with Gasteiger partial charge in [0.25, 0.3) is 5.91 Å². The van der Waals surface area contributed by atoms with Gasteiger partial charge in [0.1, 0.15) is 11.4 Å². The van der Waals surface area contributed by atoms with Crippen LogP contribution in [-0.2, 0) is 5.66 Å². The van der Waals surface area contributed by atoms with Gasteiger partial charge in [0.2, 0.25) is 0 Å². The second-order valence-corrected chi connectivity index (χ2v) is 5.72. The van der Waals surface area contributed by atoms with Gasteiger partial charge in [-0.1, -0.05) is 30.3 Å². The lowest BCUT2D eigenvalue weighted by atomic mass is 9.89. The summed E-state index contributed by atoms with van der Waals surface area (Å²) in [6.07, 6.45) is 0.970. The zero-order valence-electron chi connectivity index (χ0n) is 12.5. The molecule has 2 aliphatic heterocycles. The predicted molar refractivity (Wildman–Crippen MR) is 83.9 cm³/mol. The average Bonchev–Trinajstić information content (AvgIpc) is 2.86. The highest BCUT2D eigenvalue weighted by atomic mass is 16.5. The molecule has 0 aromatic heterocycles. The highest BCUT2D eigenvalue weighted by Gasteiger charge is 2.51. The van der Waals surface area contributed by atoms with Gasteiger partial charge in [-0.05, 0) is 36.7 Å². The lowest BCUT2D eigenvalue weighted by molar-refractivity contribution is 0.0457. The van der Waals surface area contributed by atoms with Crippen LogP contribution >= 0.6 is 0 Å². The first-order chi connectivity index (χ1) is 10.8. The van der Waals surface area contributed by atoms with E-state index in [0.29, 0.717) is 0 Å². The molecule has 4 rings (SSSR count). The largest absolute Gasteiger partial charge is 0.497 e. The lowest BCUT2D eigenvalue weighted by Gasteiger charge is -2.44. The first-order valence-corrected chi connectivity index (χ1v) is 7.58. The van der Waals surface area contributed by atoms with Crippen LogP contribution in [-0.4, -0.2) is 31.0 Å². The molecule has 1 atom stereocenters. The fraction of sp³-hybridized carbons (Fsp3) is 0.278. The first-order valence-electron chi connectivity index (χ1n) is 7.58. The molecule has 0 aliphatic carbocycles. The zero-order chi connectivity index (χ0) is 15.2. The Kier molecular flexibility index (Phi) is 2.94. The summed E-state index contributed by atoms with van der Waals surface area (Å²) in [4.78, 5) is 14.8. The van der Waals surface area contributed by atoms with E-state index in [0.717, 1.165) is 42.0 Å². The molecule has 0 spiro atoms. The minimum Gasteiger partial charge on any atom is -0.497 e. The lowest BCUT2D eigenvalue weighted by Crippen LogP contribution is -2.59. The third-order valence-corrected chi connectivity index (χ3v) is 4.64. The van der Waals surface area contributed by atoms with Crippen molar-refractivity contribution in [3.05, 3.63) is 65.2 Å². The molecule has 2 aliphatic rings. The number of hydrogen-bond donors (Lipinski definition) is 1. The van der Waals surface area contributed by atoms with E-state index in [-0.39, 0.29) is 5.91 Å². The van der Waals surface area contributed by atoms with Crippen molar-refractivity contribution in [1.29, 1.82) is 0 Å². The Morgan fingerprint density at radius 3 is 2.68 bits per heavy atom. The maximum atomic E-state index is 12.8. The Balaban J connectivity index is 1.93. The van der Waals surface area contributed by atoms with Gasteiger partial charge < -0.3 is 9.64 Å². The second-order valence-electron chi connectivity index (χ2n) is 5.72. The van der Waals surface area contributed by atoms with Crippen molar-refractivity contribution in [2.45, 2.75) is 12.1 Å². The molecule has 0 radical (unpaired) electrons. The van der Waals surface area contributed by atoms with E-state index in [1.165, 1.54) is 0 Å². The highest BCUT2D eigenvalue weighted by molar-refractivity contribution is 6.00. The van der Waals surface area contributed by atoms with Gasteiger partial charge in [-0.3, -0.25) is 10.1 Å². The molecular weight excluding hydrogens is 276 g/mol. The molecule has 0 bridgehead atoms. The molecule has 0 saturated carbocycles. The molecule has 22 heavy (non-hydrogen) atoms. The minimum absolute atomic E-state index is 0.110. The van der Waals surface area contributed by atoms with Crippen molar-refractivity contribution in [1.82, 2.24) is 10.2 Å². The molecular formula is C18H18N2O2. The zero-order valence-corrected chi connectivity index (χ0v) is 12.5. The van der Waals surface area contributed by atoms with Gasteiger partial charge in [0.05, 0.1) is 7.11 Å². The van der Waals surface area contributed by atoms with E-state index < -0.39 is 5.66 Å². The molecule has 4 heteroatoms. The molecule has 1 saturated heterocycles. The second kappa shape index (κ2) is 4.85. The van der Waals surface area contributed by atoms with E-state index >= 15 is 0 Å². The molecule has 2 aromatic carbocycles. The minimum atomic E-state index is -0.543. The fourth-order valence-corrected chi connectivity index (χ4v) is 3.64. The van der Waals surface area contributed by atoms with Crippen molar-refractivity contribution in [2.75, 3.05) is 20.2 Å². The predicted octanol–water partition coefficient (Wildman–Crippen LogP) is 2.35. The SMILES string of the molecule is COc1ccc([C@@]23NCCCN2C(=O)c2ccccc23)cc1. The topological polar surface area (TPSA) is 41.6 Å². The summed E-state index contributed by atoms with van der Waals surface area (Å²) in [5.41, 5.74) is 2.38. The molecule has 0 unspecified atom stereocenters. The van der Waals surface area contributed by atoms with Crippen molar-refractivity contribution in [3.8, 4) is 5.75 Å². The van der Waals surface area contributed by atoms with E-state index in [4.69, 9.17) is 4.74 Å². The average molecular weight is 294 g/mol. The maximum Gasteiger partial charge on any atom is 0.256 e. The van der Waals surface area contributed by atoms with Gasteiger partial charge in [0, 0.05) is 17.7 Å². The Morgan fingerprint density at radius 2 is 1.91 bits per heavy atom. The van der Waals surface area contributed by atoms with Crippen molar-refractivity contribution in [3.63, 3.8) is 0 Å². The molecule has 4 nitrogen and oxygen atoms in total. The van der Waals surface area contributed by atoms with Gasteiger partial charge in [-0.2, -0.15) is 0 Å². The number of nitrogens with zero attached hydrogens (tertiary/aromatic N) is 1. The van der Waals surface area contributed by atoms with Gasteiger partial charge in [-0.25, -0.2) is 0 Å². The van der Waals surface area contributed by atoms with Crippen LogP contribution in [0.3, 0.4) is 0 Å². The summed E-state index contributed by atoms with van der Waals surface area (Å²) in [5.74, 6) is 0.929. The maximum absolute atomic E-state index is 12.8. The molecule has 1 amide bonds. The van der Waals surface area contributed by atoms with Gasteiger partial charge in [-0.15, -0.1) is 0 Å². The third kappa shape index (κ3) is 1.64. The number of nitrogens with one attached hydrogen (secondary N) is 1. The molecule has 1 N–H and O–H groups in total. The van der Waals surface area contributed by atoms with E-state index in [9.17, 15) is 4.79 Å². The highest BCUT2D eigenvalue weighted by Crippen LogP contribution is 2.43. The van der Waals surface area contributed by atoms with E-state index in [1.54, 1.807) is 7.11 Å². The Hall–Kier alpha value is -2.33. The normalized spacial score (nSPS) is 23.1. The number of ether oxygens (including phenoxy) is 1. The number of amides is 1. The molecule has 2 aromatic rings. The van der Waals surface area contributed by atoms with Gasteiger partial charge in [0.15, 0.2) is 0 Å². The molecule has 1 fully saturated rings. The van der Waals surface area contributed by atoms with Crippen LogP contribution in [0.5, 0.6) is 5.75 Å². The summed E-state index contributed by atoms with van der Waals surface area (Å²) in [6.45, 7) is 1.66. The summed E-state index contributed by atoms with van der Waals surface area (Å²) in [6, 6.07) is 15.9. The Labute approximate surface area is 129 Å². The number of rotatable bonds is 2. The number of carbonyl (C=O) groups is 1. The van der Waals surface area contributed by atoms with E-state index in [1.807, 2.05) is 47.4 Å². The number of fused-ring (bicyclic) bond motifs is 3. The Bertz CT molecular complexity index is 726. The monoisotopic (exact) mass is 294 g/mol. The molecule has 2 heterocycles. The number of benzene rings is 2. The molecule has 112 valence electrons. The summed E-state index contributed by atoms with van der Waals surface area (Å²) < 4.78 is 5.26.